The Kier molecular flexibility index (Phi) is 9.83. The van der Waals surface area contributed by atoms with Gasteiger partial charge in [0.2, 0.25) is 0 Å². The molecule has 1 saturated heterocycles. The summed E-state index contributed by atoms with van der Waals surface area (Å²) in [5.41, 5.74) is -0.169. The highest BCUT2D eigenvalue weighted by molar-refractivity contribution is 6.00. The molecule has 4 atom stereocenters. The first-order valence-corrected chi connectivity index (χ1v) is 14.0. The Hall–Kier alpha value is -5.82. The number of imidazole rings is 1. The number of carbonyl (C=O) groups is 5. The first-order valence-electron chi connectivity index (χ1n) is 14.0. The summed E-state index contributed by atoms with van der Waals surface area (Å²) in [4.78, 5) is 69.0. The van der Waals surface area contributed by atoms with Gasteiger partial charge in [0.15, 0.2) is 29.8 Å². The maximum absolute atomic E-state index is 13.4. The molecule has 1 aromatic heterocycles. The van der Waals surface area contributed by atoms with E-state index in [0.717, 1.165) is 25.1 Å². The number of hydrogen-bond acceptors (Lipinski definition) is 12. The maximum Gasteiger partial charge on any atom is 0.359 e. The standard InChI is InChI=1S/C33H28N2O11/c1-41-32(39)24-25(33(40)42-2)35(19-34-24)28-27(46-31(38)22-16-10-5-11-17-22)26(45-30(37)21-14-8-4-9-15-21)23(44-28)18-43-29(36)20-12-6-3-7-13-20/h3-17,19,23,26-28H,18H2,1-2H3. The van der Waals surface area contributed by atoms with Crippen LogP contribution in [0.15, 0.2) is 97.3 Å². The van der Waals surface area contributed by atoms with E-state index in [2.05, 4.69) is 4.98 Å². The summed E-state index contributed by atoms with van der Waals surface area (Å²) in [5.74, 6) is -4.22. The third kappa shape index (κ3) is 6.79. The summed E-state index contributed by atoms with van der Waals surface area (Å²) in [6.07, 6.45) is -4.40. The maximum atomic E-state index is 13.4. The zero-order valence-electron chi connectivity index (χ0n) is 24.6. The average Bonchev–Trinajstić information content (AvgIpc) is 3.69. The van der Waals surface area contributed by atoms with Gasteiger partial charge < -0.3 is 28.4 Å². The van der Waals surface area contributed by atoms with Crippen LogP contribution in [0.1, 0.15) is 58.3 Å². The fraction of sp³-hybridized carbons (Fsp3) is 0.212. The van der Waals surface area contributed by atoms with Crippen molar-refractivity contribution < 1.29 is 52.4 Å². The van der Waals surface area contributed by atoms with E-state index in [9.17, 15) is 24.0 Å². The monoisotopic (exact) mass is 628 g/mol. The van der Waals surface area contributed by atoms with Crippen LogP contribution in [-0.2, 0) is 28.4 Å². The Bertz CT molecular complexity index is 1710. The molecular formula is C33H28N2O11. The van der Waals surface area contributed by atoms with Crippen molar-refractivity contribution in [2.75, 3.05) is 20.8 Å². The highest BCUT2D eigenvalue weighted by atomic mass is 16.7. The van der Waals surface area contributed by atoms with E-state index in [4.69, 9.17) is 28.4 Å². The van der Waals surface area contributed by atoms with Crippen molar-refractivity contribution in [1.82, 2.24) is 9.55 Å². The highest BCUT2D eigenvalue weighted by Gasteiger charge is 2.52. The summed E-state index contributed by atoms with van der Waals surface area (Å²) in [6.45, 7) is -0.456. The lowest BCUT2D eigenvalue weighted by Gasteiger charge is -2.25. The molecule has 0 saturated carbocycles. The second-order valence-corrected chi connectivity index (χ2v) is 9.83. The van der Waals surface area contributed by atoms with Crippen molar-refractivity contribution in [3.05, 3.63) is 125 Å². The van der Waals surface area contributed by atoms with E-state index in [1.165, 1.54) is 24.3 Å². The van der Waals surface area contributed by atoms with E-state index in [0.29, 0.717) is 0 Å². The lowest BCUT2D eigenvalue weighted by Crippen LogP contribution is -2.41. The number of ether oxygens (including phenoxy) is 6. The topological polar surface area (TPSA) is 159 Å². The smallest absolute Gasteiger partial charge is 0.359 e. The Morgan fingerprint density at radius 2 is 1.13 bits per heavy atom. The van der Waals surface area contributed by atoms with E-state index in [1.54, 1.807) is 66.7 Å². The molecule has 5 rings (SSSR count). The molecule has 0 bridgehead atoms. The quantitative estimate of drug-likeness (QED) is 0.186. The number of methoxy groups -OCH3 is 2. The number of nitrogens with zero attached hydrogens (tertiary/aromatic N) is 2. The van der Waals surface area contributed by atoms with Gasteiger partial charge in [-0.2, -0.15) is 0 Å². The summed E-state index contributed by atoms with van der Waals surface area (Å²) >= 11 is 0. The SMILES string of the molecule is COC(=O)c1ncn(C2OC(COC(=O)c3ccccc3)C(OC(=O)c3ccccc3)C2OC(=O)c2ccccc2)c1C(=O)OC. The molecule has 4 unspecified atom stereocenters. The fourth-order valence-electron chi connectivity index (χ4n) is 4.78. The van der Waals surface area contributed by atoms with Gasteiger partial charge in [0.05, 0.1) is 37.2 Å². The molecule has 3 aromatic carbocycles. The average molecular weight is 629 g/mol. The molecule has 0 N–H and O–H groups in total. The van der Waals surface area contributed by atoms with Crippen LogP contribution in [0.3, 0.4) is 0 Å². The summed E-state index contributed by atoms with van der Waals surface area (Å²) in [7, 11) is 2.20. The van der Waals surface area contributed by atoms with Gasteiger partial charge in [0.1, 0.15) is 12.7 Å². The van der Waals surface area contributed by atoms with Gasteiger partial charge in [-0.05, 0) is 36.4 Å². The van der Waals surface area contributed by atoms with Crippen LogP contribution in [-0.4, -0.2) is 78.5 Å². The zero-order valence-corrected chi connectivity index (χ0v) is 24.6. The van der Waals surface area contributed by atoms with Crippen LogP contribution >= 0.6 is 0 Å². The molecule has 0 radical (unpaired) electrons. The largest absolute Gasteiger partial charge is 0.464 e. The molecule has 0 aliphatic carbocycles. The molecule has 13 heteroatoms. The van der Waals surface area contributed by atoms with Crippen molar-refractivity contribution in [3.63, 3.8) is 0 Å². The molecular weight excluding hydrogens is 600 g/mol. The van der Waals surface area contributed by atoms with Crippen molar-refractivity contribution >= 4 is 29.8 Å². The summed E-state index contributed by atoms with van der Waals surface area (Å²) in [5, 5.41) is 0. The first-order chi connectivity index (χ1) is 22.3. The van der Waals surface area contributed by atoms with Crippen molar-refractivity contribution in [2.45, 2.75) is 24.5 Å². The van der Waals surface area contributed by atoms with Gasteiger partial charge >= 0.3 is 29.8 Å². The molecule has 236 valence electrons. The zero-order chi connectivity index (χ0) is 32.6. The molecule has 0 amide bonds. The van der Waals surface area contributed by atoms with Gasteiger partial charge in [-0.1, -0.05) is 54.6 Å². The van der Waals surface area contributed by atoms with Gasteiger partial charge in [0.25, 0.3) is 0 Å². The Balaban J connectivity index is 1.56. The van der Waals surface area contributed by atoms with Crippen LogP contribution in [0.4, 0.5) is 0 Å². The molecule has 2 heterocycles. The van der Waals surface area contributed by atoms with Gasteiger partial charge in [-0.15, -0.1) is 0 Å². The van der Waals surface area contributed by atoms with Crippen molar-refractivity contribution in [3.8, 4) is 0 Å². The van der Waals surface area contributed by atoms with E-state index in [-0.39, 0.29) is 22.4 Å². The van der Waals surface area contributed by atoms with E-state index < -0.39 is 66.7 Å². The number of hydrogen-bond donors (Lipinski definition) is 0. The van der Waals surface area contributed by atoms with Crippen LogP contribution in [0, 0.1) is 0 Å². The number of rotatable bonds is 10. The Labute approximate surface area is 262 Å². The minimum atomic E-state index is -1.45. The predicted molar refractivity (Wildman–Crippen MR) is 157 cm³/mol. The van der Waals surface area contributed by atoms with Crippen molar-refractivity contribution in [1.29, 1.82) is 0 Å². The minimum Gasteiger partial charge on any atom is -0.464 e. The molecule has 1 aliphatic rings. The Morgan fingerprint density at radius 1 is 0.652 bits per heavy atom. The summed E-state index contributed by atoms with van der Waals surface area (Å²) in [6, 6.07) is 24.2. The second kappa shape index (κ2) is 14.3. The van der Waals surface area contributed by atoms with Crippen molar-refractivity contribution in [2.24, 2.45) is 0 Å². The van der Waals surface area contributed by atoms with E-state index >= 15 is 0 Å². The third-order valence-corrected chi connectivity index (χ3v) is 7.00. The molecule has 1 aliphatic heterocycles. The van der Waals surface area contributed by atoms with Crippen LogP contribution in [0.2, 0.25) is 0 Å². The van der Waals surface area contributed by atoms with Crippen LogP contribution < -0.4 is 0 Å². The summed E-state index contributed by atoms with van der Waals surface area (Å²) < 4.78 is 34.3. The molecule has 13 nitrogen and oxygen atoms in total. The predicted octanol–water partition coefficient (Wildman–Crippen LogP) is 3.66. The number of aromatic nitrogens is 2. The lowest BCUT2D eigenvalue weighted by molar-refractivity contribution is -0.0630. The van der Waals surface area contributed by atoms with E-state index in [1.807, 2.05) is 0 Å². The third-order valence-electron chi connectivity index (χ3n) is 7.00. The lowest BCUT2D eigenvalue weighted by atomic mass is 10.1. The van der Waals surface area contributed by atoms with Gasteiger partial charge in [-0.3, -0.25) is 4.57 Å². The number of benzene rings is 3. The molecule has 0 spiro atoms. The molecule has 4 aromatic rings. The molecule has 1 fully saturated rings. The first kappa shape index (κ1) is 31.6. The van der Waals surface area contributed by atoms with Crippen LogP contribution in [0.25, 0.3) is 0 Å². The van der Waals surface area contributed by atoms with Gasteiger partial charge in [0, 0.05) is 0 Å². The minimum absolute atomic E-state index is 0.169. The second-order valence-electron chi connectivity index (χ2n) is 9.83. The normalized spacial score (nSPS) is 18.7. The number of carbonyl (C=O) groups excluding carboxylic acids is 5. The number of esters is 5. The Morgan fingerprint density at radius 3 is 1.63 bits per heavy atom. The highest BCUT2D eigenvalue weighted by Crippen LogP contribution is 2.37. The fourth-order valence-corrected chi connectivity index (χ4v) is 4.78. The van der Waals surface area contributed by atoms with Gasteiger partial charge in [-0.25, -0.2) is 29.0 Å². The van der Waals surface area contributed by atoms with Crippen LogP contribution in [0.5, 0.6) is 0 Å². The molecule has 46 heavy (non-hydrogen) atoms.